The lowest BCUT2D eigenvalue weighted by atomic mass is 9.97. The smallest absolute Gasteiger partial charge is 0.136 e. The van der Waals surface area contributed by atoms with Crippen LogP contribution in [0.25, 0.3) is 76.9 Å². The first-order valence-electron chi connectivity index (χ1n) is 22.4. The molecule has 0 N–H and O–H groups in total. The van der Waals surface area contributed by atoms with Crippen LogP contribution in [0.2, 0.25) is 0 Å². The fourth-order valence-electron chi connectivity index (χ4n) is 6.99. The molecular weight excluding hydrogens is 631 g/mol. The maximum absolute atomic E-state index is 9.53. The van der Waals surface area contributed by atoms with E-state index in [0.29, 0.717) is 32.8 Å². The molecule has 10 rings (SSSR count). The van der Waals surface area contributed by atoms with Gasteiger partial charge in [0.25, 0.3) is 0 Å². The summed E-state index contributed by atoms with van der Waals surface area (Å²) in [4.78, 5) is 2.06. The SMILES string of the molecule is [2H]c1cc2oc3c([2H])c([2H])c4ccc(-c5ccc(N(c6ccc(-c7c([2H])c([2H])c([2H])c([2H])c7[2H])cc6)c6cccc(-c7cccc8ccccc78)c6)cc5)c([2H])c4c3c2c([2H])c1[2H]. The summed E-state index contributed by atoms with van der Waals surface area (Å²) in [6, 6.07) is 39.4. The summed E-state index contributed by atoms with van der Waals surface area (Å²) in [6.07, 6.45) is 0. The molecule has 0 spiro atoms. The number of anilines is 3. The second kappa shape index (κ2) is 12.5. The molecule has 52 heavy (non-hydrogen) atoms. The molecule has 1 heterocycles. The number of fused-ring (bicyclic) bond motifs is 6. The molecule has 0 bridgehead atoms. The van der Waals surface area contributed by atoms with Crippen molar-refractivity contribution >= 4 is 60.5 Å². The Kier molecular flexibility index (Phi) is 4.96. The third-order valence-corrected chi connectivity index (χ3v) is 9.46. The molecule has 0 radical (unpaired) electrons. The molecule has 0 aliphatic carbocycles. The summed E-state index contributed by atoms with van der Waals surface area (Å²) < 4.78 is 99.9. The molecule has 2 nitrogen and oxygen atoms in total. The summed E-state index contributed by atoms with van der Waals surface area (Å²) in [5.41, 5.74) is 6.36. The lowest BCUT2D eigenvalue weighted by Gasteiger charge is -2.26. The first-order valence-corrected chi connectivity index (χ1v) is 16.9. The lowest BCUT2D eigenvalue weighted by Crippen LogP contribution is -2.10. The highest BCUT2D eigenvalue weighted by atomic mass is 16.3. The number of furan rings is 1. The zero-order valence-electron chi connectivity index (χ0n) is 38.6. The van der Waals surface area contributed by atoms with E-state index in [-0.39, 0.29) is 70.5 Å². The number of benzene rings is 9. The fraction of sp³-hybridized carbons (Fsp3) is 0. The number of hydrogen-bond acceptors (Lipinski definition) is 2. The predicted octanol–water partition coefficient (Wildman–Crippen LogP) is 14.4. The Morgan fingerprint density at radius 1 is 0.404 bits per heavy atom. The van der Waals surface area contributed by atoms with Crippen molar-refractivity contribution < 1.29 is 19.5 Å². The van der Waals surface area contributed by atoms with Gasteiger partial charge >= 0.3 is 0 Å². The van der Waals surface area contributed by atoms with Crippen LogP contribution in [0.3, 0.4) is 0 Å². The predicted molar refractivity (Wildman–Crippen MR) is 220 cm³/mol. The minimum Gasteiger partial charge on any atom is -0.456 e. The molecule has 9 aromatic carbocycles. The van der Waals surface area contributed by atoms with Crippen LogP contribution in [0.4, 0.5) is 17.1 Å². The Morgan fingerprint density at radius 2 is 1.12 bits per heavy atom. The van der Waals surface area contributed by atoms with E-state index in [1.807, 2.05) is 66.7 Å². The zero-order chi connectivity index (χ0) is 44.0. The van der Waals surface area contributed by atoms with Gasteiger partial charge in [0, 0.05) is 27.8 Å². The van der Waals surface area contributed by atoms with Crippen molar-refractivity contribution in [2.24, 2.45) is 0 Å². The van der Waals surface area contributed by atoms with E-state index in [4.69, 9.17) is 18.1 Å². The average Bonchev–Trinajstić information content (AvgIpc) is 3.68. The van der Waals surface area contributed by atoms with Gasteiger partial charge in [-0.15, -0.1) is 0 Å². The maximum Gasteiger partial charge on any atom is 0.136 e. The van der Waals surface area contributed by atoms with Crippen molar-refractivity contribution in [3.8, 4) is 33.4 Å². The molecule has 0 aliphatic rings. The number of rotatable bonds is 6. The van der Waals surface area contributed by atoms with Gasteiger partial charge in [-0.2, -0.15) is 0 Å². The molecule has 2 heteroatoms. The third-order valence-electron chi connectivity index (χ3n) is 9.46. The van der Waals surface area contributed by atoms with E-state index in [1.165, 1.54) is 6.07 Å². The van der Waals surface area contributed by atoms with Crippen LogP contribution in [-0.2, 0) is 0 Å². The highest BCUT2D eigenvalue weighted by molar-refractivity contribution is 6.19. The van der Waals surface area contributed by atoms with Gasteiger partial charge in [-0.1, -0.05) is 145 Å². The first-order chi connectivity index (χ1) is 30.3. The van der Waals surface area contributed by atoms with Gasteiger partial charge in [-0.3, -0.25) is 0 Å². The number of para-hydroxylation sites is 1. The minimum absolute atomic E-state index is 0.0287. The molecule has 0 unspecified atom stereocenters. The van der Waals surface area contributed by atoms with Crippen LogP contribution in [0.15, 0.2) is 204 Å². The minimum atomic E-state index is -0.452. The van der Waals surface area contributed by atoms with Gasteiger partial charge in [0.1, 0.15) is 11.2 Å². The maximum atomic E-state index is 9.53. The van der Waals surface area contributed by atoms with Crippen molar-refractivity contribution in [1.29, 1.82) is 0 Å². The van der Waals surface area contributed by atoms with Crippen molar-refractivity contribution in [2.45, 2.75) is 0 Å². The van der Waals surface area contributed by atoms with Gasteiger partial charge in [-0.25, -0.2) is 0 Å². The molecule has 0 saturated heterocycles. The van der Waals surface area contributed by atoms with E-state index in [1.54, 1.807) is 24.3 Å². The third kappa shape index (κ3) is 5.21. The average molecular weight is 675 g/mol. The molecule has 0 amide bonds. The highest BCUT2D eigenvalue weighted by Crippen LogP contribution is 2.41. The van der Waals surface area contributed by atoms with E-state index in [0.717, 1.165) is 39.0 Å². The summed E-state index contributed by atoms with van der Waals surface area (Å²) in [6.45, 7) is 0. The quantitative estimate of drug-likeness (QED) is 0.175. The Labute approximate surface area is 317 Å². The van der Waals surface area contributed by atoms with Crippen molar-refractivity contribution in [3.05, 3.63) is 200 Å². The Bertz CT molecular complexity index is 3500. The topological polar surface area (TPSA) is 16.4 Å². The van der Waals surface area contributed by atoms with Crippen LogP contribution < -0.4 is 4.90 Å². The van der Waals surface area contributed by atoms with E-state index in [9.17, 15) is 1.37 Å². The Morgan fingerprint density at radius 3 is 1.94 bits per heavy atom. The van der Waals surface area contributed by atoms with Crippen molar-refractivity contribution in [2.75, 3.05) is 4.90 Å². The van der Waals surface area contributed by atoms with E-state index >= 15 is 0 Å². The van der Waals surface area contributed by atoms with Gasteiger partial charge in [0.05, 0.1) is 15.1 Å². The molecule has 0 atom stereocenters. The Hall–Kier alpha value is -6.90. The normalized spacial score (nSPS) is 14.4. The van der Waals surface area contributed by atoms with Gasteiger partial charge in [0.2, 0.25) is 0 Å². The standard InChI is InChI=1S/C50H33NO/c1-2-10-34(11-3-1)35-22-27-41(28-23-35)51(43-15-8-14-40(32-43)45-18-9-13-37-12-4-5-16-44(37)45)42-29-24-36(25-30-42)39-21-20-38-26-31-49-50(47(38)33-39)46-17-6-7-19-48(46)52-49/h1-33H/i1D,2D,3D,6D,7D,10D,11D,17D,26D,31D,33D. The largest absolute Gasteiger partial charge is 0.456 e. The summed E-state index contributed by atoms with van der Waals surface area (Å²) in [5.74, 6) is 0. The summed E-state index contributed by atoms with van der Waals surface area (Å²) in [5, 5.41) is 3.41. The van der Waals surface area contributed by atoms with Crippen LogP contribution in [0, 0.1) is 0 Å². The van der Waals surface area contributed by atoms with E-state index < -0.39 is 18.1 Å². The van der Waals surface area contributed by atoms with E-state index in [2.05, 4.69) is 41.3 Å². The molecule has 10 aromatic rings. The second-order valence-corrected chi connectivity index (χ2v) is 12.5. The second-order valence-electron chi connectivity index (χ2n) is 12.5. The summed E-state index contributed by atoms with van der Waals surface area (Å²) in [7, 11) is 0. The zero-order valence-corrected chi connectivity index (χ0v) is 27.6. The van der Waals surface area contributed by atoms with Crippen LogP contribution in [0.1, 0.15) is 15.1 Å². The first kappa shape index (κ1) is 20.7. The number of hydrogen-bond donors (Lipinski definition) is 0. The molecule has 0 fully saturated rings. The molecule has 1 aromatic heterocycles. The lowest BCUT2D eigenvalue weighted by molar-refractivity contribution is 0.669. The monoisotopic (exact) mass is 674 g/mol. The van der Waals surface area contributed by atoms with Crippen LogP contribution in [0.5, 0.6) is 0 Å². The molecular formula is C50H33NO. The van der Waals surface area contributed by atoms with Crippen LogP contribution >= 0.6 is 0 Å². The van der Waals surface area contributed by atoms with Crippen LogP contribution in [-0.4, -0.2) is 0 Å². The fourth-order valence-corrected chi connectivity index (χ4v) is 6.99. The molecule has 0 aliphatic heterocycles. The summed E-state index contributed by atoms with van der Waals surface area (Å²) >= 11 is 0. The molecule has 244 valence electrons. The Balaban J connectivity index is 1.12. The molecule has 0 saturated carbocycles. The number of nitrogens with zero attached hydrogens (tertiary/aromatic N) is 1. The highest BCUT2D eigenvalue weighted by Gasteiger charge is 2.16. The van der Waals surface area contributed by atoms with Gasteiger partial charge < -0.3 is 9.32 Å². The van der Waals surface area contributed by atoms with Gasteiger partial charge in [0.15, 0.2) is 0 Å². The van der Waals surface area contributed by atoms with Crippen molar-refractivity contribution in [3.63, 3.8) is 0 Å². The van der Waals surface area contributed by atoms with Crippen molar-refractivity contribution in [1.82, 2.24) is 0 Å². The van der Waals surface area contributed by atoms with Gasteiger partial charge in [-0.05, 0) is 109 Å².